The van der Waals surface area contributed by atoms with Crippen LogP contribution in [0.3, 0.4) is 0 Å². The van der Waals surface area contributed by atoms with E-state index < -0.39 is 0 Å². The Kier molecular flexibility index (Phi) is 5.82. The number of methoxy groups -OCH3 is 1. The Morgan fingerprint density at radius 1 is 0.938 bits per heavy atom. The second kappa shape index (κ2) is 9.05. The number of hydrogen-bond donors (Lipinski definition) is 1. The summed E-state index contributed by atoms with van der Waals surface area (Å²) in [6, 6.07) is 24.1. The number of quaternary nitrogens is 1. The van der Waals surface area contributed by atoms with Crippen LogP contribution >= 0.6 is 0 Å². The molecule has 3 aromatic carbocycles. The minimum atomic E-state index is 0.420. The lowest BCUT2D eigenvalue weighted by atomic mass is 10.0. The highest BCUT2D eigenvalue weighted by Gasteiger charge is 2.37. The summed E-state index contributed by atoms with van der Waals surface area (Å²) in [5.41, 5.74) is 6.72. The van der Waals surface area contributed by atoms with Crippen LogP contribution in [-0.2, 0) is 0 Å². The third-order valence-electron chi connectivity index (χ3n) is 6.48. The average molecular weight is 429 g/mol. The van der Waals surface area contributed by atoms with Crippen LogP contribution in [-0.4, -0.2) is 51.1 Å². The van der Waals surface area contributed by atoms with Gasteiger partial charge in [0.15, 0.2) is 11.5 Å². The van der Waals surface area contributed by atoms with Crippen molar-refractivity contribution in [2.24, 2.45) is 5.10 Å². The van der Waals surface area contributed by atoms with Gasteiger partial charge < -0.3 is 14.4 Å². The van der Waals surface area contributed by atoms with E-state index in [4.69, 9.17) is 14.6 Å². The molecule has 1 heterocycles. The first-order valence-corrected chi connectivity index (χ1v) is 11.4. The van der Waals surface area contributed by atoms with Gasteiger partial charge in [-0.2, -0.15) is 5.10 Å². The maximum absolute atomic E-state index is 5.61. The smallest absolute Gasteiger partial charge is 0.161 e. The maximum atomic E-state index is 5.61. The third kappa shape index (κ3) is 3.84. The predicted molar refractivity (Wildman–Crippen MR) is 128 cm³/mol. The van der Waals surface area contributed by atoms with Gasteiger partial charge in [-0.25, -0.2) is 0 Å². The van der Waals surface area contributed by atoms with E-state index in [0.717, 1.165) is 43.2 Å². The first-order chi connectivity index (χ1) is 15.8. The van der Waals surface area contributed by atoms with E-state index in [1.165, 1.54) is 22.3 Å². The molecule has 5 nitrogen and oxygen atoms in total. The van der Waals surface area contributed by atoms with Gasteiger partial charge in [-0.15, -0.1) is 0 Å². The maximum Gasteiger partial charge on any atom is 0.161 e. The van der Waals surface area contributed by atoms with Gasteiger partial charge >= 0.3 is 0 Å². The fourth-order valence-electron chi connectivity index (χ4n) is 4.97. The molecule has 1 aliphatic heterocycles. The molecule has 0 amide bonds. The van der Waals surface area contributed by atoms with Crippen molar-refractivity contribution in [2.45, 2.75) is 13.0 Å². The van der Waals surface area contributed by atoms with Crippen LogP contribution in [0.1, 0.15) is 29.7 Å². The van der Waals surface area contributed by atoms with Crippen LogP contribution in [0.25, 0.3) is 11.1 Å². The first kappa shape index (κ1) is 20.6. The van der Waals surface area contributed by atoms with Gasteiger partial charge in [0.2, 0.25) is 0 Å². The van der Waals surface area contributed by atoms with E-state index >= 15 is 0 Å². The Balaban J connectivity index is 1.27. The largest absolute Gasteiger partial charge is 0.493 e. The number of piperazine rings is 1. The van der Waals surface area contributed by atoms with Crippen molar-refractivity contribution >= 4 is 6.21 Å². The molecule has 3 aromatic rings. The van der Waals surface area contributed by atoms with Gasteiger partial charge in [0.25, 0.3) is 0 Å². The summed E-state index contributed by atoms with van der Waals surface area (Å²) in [4.78, 5) is 1.62. The van der Waals surface area contributed by atoms with E-state index in [1.54, 1.807) is 12.0 Å². The Bertz CT molecular complexity index is 1070. The van der Waals surface area contributed by atoms with Gasteiger partial charge in [-0.3, -0.25) is 5.01 Å². The van der Waals surface area contributed by atoms with Crippen LogP contribution in [0.2, 0.25) is 0 Å². The highest BCUT2D eigenvalue weighted by atomic mass is 16.5. The Morgan fingerprint density at radius 2 is 1.59 bits per heavy atom. The van der Waals surface area contributed by atoms with E-state index in [2.05, 4.69) is 53.5 Å². The lowest BCUT2D eigenvalue weighted by molar-refractivity contribution is -0.929. The van der Waals surface area contributed by atoms with E-state index in [1.807, 2.05) is 31.3 Å². The predicted octanol–water partition coefficient (Wildman–Crippen LogP) is 3.40. The first-order valence-electron chi connectivity index (χ1n) is 11.4. The molecule has 0 unspecified atom stereocenters. The molecule has 0 spiro atoms. The van der Waals surface area contributed by atoms with Crippen LogP contribution in [0.5, 0.6) is 11.5 Å². The number of nitrogens with zero attached hydrogens (tertiary/aromatic N) is 2. The van der Waals surface area contributed by atoms with Crippen molar-refractivity contribution in [1.82, 2.24) is 5.01 Å². The summed E-state index contributed by atoms with van der Waals surface area (Å²) in [5.74, 6) is 1.50. The number of benzene rings is 3. The highest BCUT2D eigenvalue weighted by molar-refractivity contribution is 5.80. The second-order valence-electron chi connectivity index (χ2n) is 8.31. The van der Waals surface area contributed by atoms with Crippen molar-refractivity contribution < 1.29 is 14.4 Å². The summed E-state index contributed by atoms with van der Waals surface area (Å²) in [6.45, 7) is 6.61. The van der Waals surface area contributed by atoms with Crippen molar-refractivity contribution in [2.75, 3.05) is 39.9 Å². The minimum Gasteiger partial charge on any atom is -0.493 e. The highest BCUT2D eigenvalue weighted by Crippen LogP contribution is 2.41. The summed E-state index contributed by atoms with van der Waals surface area (Å²) < 4.78 is 11.1. The van der Waals surface area contributed by atoms with Gasteiger partial charge in [0.1, 0.15) is 6.04 Å². The van der Waals surface area contributed by atoms with E-state index in [0.29, 0.717) is 12.6 Å². The number of hydrogen-bond acceptors (Lipinski definition) is 4. The number of nitrogens with one attached hydrogen (secondary N) is 1. The molecule has 0 radical (unpaired) electrons. The molecule has 2 aliphatic rings. The van der Waals surface area contributed by atoms with Crippen molar-refractivity contribution in [3.05, 3.63) is 83.4 Å². The summed E-state index contributed by atoms with van der Waals surface area (Å²) in [5, 5.41) is 6.93. The van der Waals surface area contributed by atoms with Gasteiger partial charge in [0.05, 0.1) is 46.1 Å². The molecule has 0 saturated carbocycles. The van der Waals surface area contributed by atoms with Gasteiger partial charge in [-0.1, -0.05) is 48.5 Å². The molecule has 1 saturated heterocycles. The number of hydrazone groups is 1. The normalized spacial score (nSPS) is 16.2. The Labute approximate surface area is 189 Å². The molecule has 5 rings (SSSR count). The standard InChI is InChI=1S/C27H29N3O2/c1-3-32-25-13-12-20(18-26(25)31-2)19-28-30-16-14-29(15-17-30)27-23-10-6-4-8-21(23)22-9-5-7-11-24(22)27/h4-13,18-19,27H,3,14-17H2,1-2H3/p+1/b28-19+. The molecule has 5 heteroatoms. The SMILES string of the molecule is CCOc1ccc(/C=N/N2CC[NH+](C3c4ccccc4-c4ccccc43)CC2)cc1OC. The second-order valence-corrected chi connectivity index (χ2v) is 8.31. The number of rotatable bonds is 6. The lowest BCUT2D eigenvalue weighted by Gasteiger charge is -2.34. The summed E-state index contributed by atoms with van der Waals surface area (Å²) in [7, 11) is 1.67. The zero-order valence-electron chi connectivity index (χ0n) is 18.8. The third-order valence-corrected chi connectivity index (χ3v) is 6.48. The average Bonchev–Trinajstić information content (AvgIpc) is 3.18. The van der Waals surface area contributed by atoms with Crippen LogP contribution in [0, 0.1) is 0 Å². The molecule has 164 valence electrons. The van der Waals surface area contributed by atoms with Crippen LogP contribution < -0.4 is 14.4 Å². The molecule has 0 aromatic heterocycles. The van der Waals surface area contributed by atoms with Gasteiger partial charge in [0, 0.05) is 11.1 Å². The molecule has 1 N–H and O–H groups in total. The van der Waals surface area contributed by atoms with E-state index in [9.17, 15) is 0 Å². The molecular formula is C27H30N3O2+. The van der Waals surface area contributed by atoms with Crippen molar-refractivity contribution in [3.63, 3.8) is 0 Å². The van der Waals surface area contributed by atoms with Crippen LogP contribution in [0.4, 0.5) is 0 Å². The lowest BCUT2D eigenvalue weighted by Crippen LogP contribution is -3.14. The Morgan fingerprint density at radius 3 is 2.22 bits per heavy atom. The van der Waals surface area contributed by atoms with Crippen molar-refractivity contribution in [3.8, 4) is 22.6 Å². The fraction of sp³-hybridized carbons (Fsp3) is 0.296. The molecule has 0 atom stereocenters. The summed E-state index contributed by atoms with van der Waals surface area (Å²) >= 11 is 0. The van der Waals surface area contributed by atoms with Gasteiger partial charge in [-0.05, 0) is 41.8 Å². The zero-order valence-corrected chi connectivity index (χ0v) is 18.8. The molecule has 32 heavy (non-hydrogen) atoms. The molecular weight excluding hydrogens is 398 g/mol. The van der Waals surface area contributed by atoms with Crippen molar-refractivity contribution in [1.29, 1.82) is 0 Å². The monoisotopic (exact) mass is 428 g/mol. The van der Waals surface area contributed by atoms with E-state index in [-0.39, 0.29) is 0 Å². The topological polar surface area (TPSA) is 38.5 Å². The number of ether oxygens (including phenoxy) is 2. The molecule has 1 fully saturated rings. The fourth-order valence-corrected chi connectivity index (χ4v) is 4.97. The quantitative estimate of drug-likeness (QED) is 0.612. The van der Waals surface area contributed by atoms with Crippen LogP contribution in [0.15, 0.2) is 71.8 Å². The Hall–Kier alpha value is -3.31. The minimum absolute atomic E-state index is 0.420. The zero-order chi connectivity index (χ0) is 21.9. The number of fused-ring (bicyclic) bond motifs is 3. The molecule has 0 bridgehead atoms. The molecule has 1 aliphatic carbocycles. The summed E-state index contributed by atoms with van der Waals surface area (Å²) in [6.07, 6.45) is 1.92.